The van der Waals surface area contributed by atoms with Gasteiger partial charge >= 0.3 is 0 Å². The summed E-state index contributed by atoms with van der Waals surface area (Å²) < 4.78 is 0. The molecule has 0 saturated heterocycles. The van der Waals surface area contributed by atoms with Gasteiger partial charge in [-0.15, -0.1) is 0 Å². The van der Waals surface area contributed by atoms with E-state index < -0.39 is 0 Å². The molecule has 2 aliphatic carbocycles. The Labute approximate surface area is 70.4 Å². The predicted octanol–water partition coefficient (Wildman–Crippen LogP) is 3.61. The van der Waals surface area contributed by atoms with Crippen molar-refractivity contribution in [2.75, 3.05) is 0 Å². The highest BCUT2D eigenvalue weighted by atomic mass is 14.5. The van der Waals surface area contributed by atoms with E-state index in [4.69, 9.17) is 0 Å². The molecule has 0 aromatic carbocycles. The van der Waals surface area contributed by atoms with Crippen molar-refractivity contribution in [3.63, 3.8) is 0 Å². The highest BCUT2D eigenvalue weighted by Gasteiger charge is 2.42. The molecule has 3 atom stereocenters. The molecule has 0 spiro atoms. The standard InChI is InChI=1S/C11H20/c1-9-10-5-3-4-7-11(9,2)8-6-10/h9-10H,3-8H2,1-2H3/t9?,10-,11?/m1/s1. The lowest BCUT2D eigenvalue weighted by Gasteiger charge is -2.29. The molecule has 2 bridgehead atoms. The Morgan fingerprint density at radius 3 is 2.73 bits per heavy atom. The summed E-state index contributed by atoms with van der Waals surface area (Å²) in [5.41, 5.74) is 0.737. The number of hydrogen-bond donors (Lipinski definition) is 0. The molecule has 0 aliphatic heterocycles. The first kappa shape index (κ1) is 7.64. The first-order chi connectivity index (χ1) is 5.22. The second-order valence-corrected chi connectivity index (χ2v) is 4.99. The third kappa shape index (κ3) is 1.11. The molecule has 0 aromatic heterocycles. The molecule has 0 heterocycles. The van der Waals surface area contributed by atoms with E-state index in [2.05, 4.69) is 13.8 Å². The number of fused-ring (bicyclic) bond motifs is 2. The maximum Gasteiger partial charge on any atom is -0.0297 e. The van der Waals surface area contributed by atoms with E-state index in [0.717, 1.165) is 17.3 Å². The van der Waals surface area contributed by atoms with Crippen LogP contribution in [0.3, 0.4) is 0 Å². The lowest BCUT2D eigenvalue weighted by Crippen LogP contribution is -2.20. The van der Waals surface area contributed by atoms with Crippen LogP contribution in [0, 0.1) is 17.3 Å². The zero-order valence-electron chi connectivity index (χ0n) is 7.90. The van der Waals surface area contributed by atoms with Crippen molar-refractivity contribution in [1.82, 2.24) is 0 Å². The highest BCUT2D eigenvalue weighted by molar-refractivity contribution is 4.93. The van der Waals surface area contributed by atoms with Gasteiger partial charge in [0.1, 0.15) is 0 Å². The molecule has 0 nitrogen and oxygen atoms in total. The molecule has 2 fully saturated rings. The maximum atomic E-state index is 2.52. The van der Waals surface area contributed by atoms with Gasteiger partial charge in [0.05, 0.1) is 0 Å². The van der Waals surface area contributed by atoms with Gasteiger partial charge in [0.2, 0.25) is 0 Å². The van der Waals surface area contributed by atoms with Crippen molar-refractivity contribution < 1.29 is 0 Å². The van der Waals surface area contributed by atoms with Crippen LogP contribution in [0.4, 0.5) is 0 Å². The highest BCUT2D eigenvalue weighted by Crippen LogP contribution is 2.53. The Hall–Kier alpha value is 0. The largest absolute Gasteiger partial charge is 0.0617 e. The Bertz CT molecular complexity index is 148. The Kier molecular flexibility index (Phi) is 1.74. The van der Waals surface area contributed by atoms with Crippen LogP contribution in [-0.4, -0.2) is 0 Å². The van der Waals surface area contributed by atoms with Gasteiger partial charge in [-0.05, 0) is 36.5 Å². The molecular weight excluding hydrogens is 132 g/mol. The quantitative estimate of drug-likeness (QED) is 0.497. The fourth-order valence-electron chi connectivity index (χ4n) is 3.24. The Balaban J connectivity index is 2.18. The number of rotatable bonds is 0. The maximum absolute atomic E-state index is 2.52. The van der Waals surface area contributed by atoms with Crippen LogP contribution in [0.1, 0.15) is 52.4 Å². The predicted molar refractivity (Wildman–Crippen MR) is 48.5 cm³/mol. The van der Waals surface area contributed by atoms with Crippen LogP contribution in [0.5, 0.6) is 0 Å². The van der Waals surface area contributed by atoms with Crippen molar-refractivity contribution in [2.45, 2.75) is 52.4 Å². The minimum absolute atomic E-state index is 0.737. The van der Waals surface area contributed by atoms with Crippen molar-refractivity contribution in [1.29, 1.82) is 0 Å². The first-order valence-electron chi connectivity index (χ1n) is 5.22. The molecule has 11 heavy (non-hydrogen) atoms. The molecule has 0 heteroatoms. The number of hydrogen-bond acceptors (Lipinski definition) is 0. The molecule has 2 aliphatic rings. The molecule has 0 aromatic rings. The summed E-state index contributed by atoms with van der Waals surface area (Å²) in [6, 6.07) is 0. The minimum Gasteiger partial charge on any atom is -0.0617 e. The van der Waals surface area contributed by atoms with Crippen LogP contribution in [0.25, 0.3) is 0 Å². The molecule has 64 valence electrons. The lowest BCUT2D eigenvalue weighted by atomic mass is 9.76. The molecular formula is C11H20. The summed E-state index contributed by atoms with van der Waals surface area (Å²) in [6.07, 6.45) is 9.07. The van der Waals surface area contributed by atoms with E-state index in [-0.39, 0.29) is 0 Å². The topological polar surface area (TPSA) is 0 Å². The second-order valence-electron chi connectivity index (χ2n) is 4.99. The van der Waals surface area contributed by atoms with Crippen molar-refractivity contribution in [3.05, 3.63) is 0 Å². The van der Waals surface area contributed by atoms with Gasteiger partial charge < -0.3 is 0 Å². The van der Waals surface area contributed by atoms with Gasteiger partial charge in [0.15, 0.2) is 0 Å². The van der Waals surface area contributed by atoms with E-state index in [0.29, 0.717) is 0 Å². The zero-order valence-corrected chi connectivity index (χ0v) is 7.90. The summed E-state index contributed by atoms with van der Waals surface area (Å²) in [4.78, 5) is 0. The minimum atomic E-state index is 0.737. The van der Waals surface area contributed by atoms with Crippen LogP contribution >= 0.6 is 0 Å². The Morgan fingerprint density at radius 2 is 1.91 bits per heavy atom. The molecule has 2 rings (SSSR count). The summed E-state index contributed by atoms with van der Waals surface area (Å²) in [7, 11) is 0. The molecule has 0 amide bonds. The monoisotopic (exact) mass is 152 g/mol. The van der Waals surface area contributed by atoms with Crippen molar-refractivity contribution >= 4 is 0 Å². The smallest absolute Gasteiger partial charge is 0.0297 e. The van der Waals surface area contributed by atoms with Gasteiger partial charge in [0.25, 0.3) is 0 Å². The summed E-state index contributed by atoms with van der Waals surface area (Å²) in [5.74, 6) is 2.10. The average Bonchev–Trinajstić information content (AvgIpc) is 2.13. The molecule has 0 N–H and O–H groups in total. The third-order valence-electron chi connectivity index (χ3n) is 4.47. The van der Waals surface area contributed by atoms with Gasteiger partial charge in [-0.25, -0.2) is 0 Å². The van der Waals surface area contributed by atoms with E-state index >= 15 is 0 Å². The van der Waals surface area contributed by atoms with Crippen LogP contribution in [0.15, 0.2) is 0 Å². The van der Waals surface area contributed by atoms with Gasteiger partial charge in [-0.1, -0.05) is 33.1 Å². The van der Waals surface area contributed by atoms with Crippen molar-refractivity contribution in [3.8, 4) is 0 Å². The lowest BCUT2D eigenvalue weighted by molar-refractivity contribution is 0.210. The van der Waals surface area contributed by atoms with E-state index in [1.54, 1.807) is 0 Å². The molecule has 0 radical (unpaired) electrons. The average molecular weight is 152 g/mol. The molecule has 2 unspecified atom stereocenters. The van der Waals surface area contributed by atoms with E-state index in [1.165, 1.54) is 38.5 Å². The van der Waals surface area contributed by atoms with Crippen LogP contribution in [0.2, 0.25) is 0 Å². The second kappa shape index (κ2) is 2.50. The summed E-state index contributed by atoms with van der Waals surface area (Å²) in [5, 5.41) is 0. The van der Waals surface area contributed by atoms with Crippen LogP contribution < -0.4 is 0 Å². The van der Waals surface area contributed by atoms with Gasteiger partial charge in [-0.3, -0.25) is 0 Å². The zero-order chi connectivity index (χ0) is 7.90. The van der Waals surface area contributed by atoms with Crippen molar-refractivity contribution in [2.24, 2.45) is 17.3 Å². The molecule has 2 saturated carbocycles. The summed E-state index contributed by atoms with van der Waals surface area (Å²) in [6.45, 7) is 5.01. The fourth-order valence-corrected chi connectivity index (χ4v) is 3.24. The fraction of sp³-hybridized carbons (Fsp3) is 1.00. The SMILES string of the molecule is CC1[C@@H]2CCCCC1(C)CC2. The van der Waals surface area contributed by atoms with Crippen LogP contribution in [-0.2, 0) is 0 Å². The normalized spacial score (nSPS) is 50.7. The van der Waals surface area contributed by atoms with E-state index in [9.17, 15) is 0 Å². The first-order valence-corrected chi connectivity index (χ1v) is 5.22. The van der Waals surface area contributed by atoms with Gasteiger partial charge in [0, 0.05) is 0 Å². The summed E-state index contributed by atoms with van der Waals surface area (Å²) >= 11 is 0. The third-order valence-corrected chi connectivity index (χ3v) is 4.47. The van der Waals surface area contributed by atoms with E-state index in [1.807, 2.05) is 0 Å². The van der Waals surface area contributed by atoms with Gasteiger partial charge in [-0.2, -0.15) is 0 Å². The Morgan fingerprint density at radius 1 is 1.09 bits per heavy atom.